The summed E-state index contributed by atoms with van der Waals surface area (Å²) >= 11 is 0. The number of hydrogen-bond acceptors (Lipinski definition) is 6. The second kappa shape index (κ2) is 8.05. The second-order valence-electron chi connectivity index (χ2n) is 5.44. The van der Waals surface area contributed by atoms with Gasteiger partial charge in [0.05, 0.1) is 0 Å². The third kappa shape index (κ3) is 6.64. The van der Waals surface area contributed by atoms with Gasteiger partial charge in [-0.3, -0.25) is 4.79 Å². The first-order valence-corrected chi connectivity index (χ1v) is 7.11. The van der Waals surface area contributed by atoms with Gasteiger partial charge in [-0.05, 0) is 34.6 Å². The van der Waals surface area contributed by atoms with E-state index in [0.29, 0.717) is 19.0 Å². The van der Waals surface area contributed by atoms with E-state index in [9.17, 15) is 4.79 Å². The summed E-state index contributed by atoms with van der Waals surface area (Å²) in [6.07, 6.45) is 2.80. The molecule has 1 aromatic heterocycles. The molecule has 0 N–H and O–H groups in total. The molecule has 0 saturated heterocycles. The van der Waals surface area contributed by atoms with Gasteiger partial charge in [-0.15, -0.1) is 0 Å². The fraction of sp³-hybridized carbons (Fsp3) is 0.667. The second-order valence-corrected chi connectivity index (χ2v) is 5.44. The summed E-state index contributed by atoms with van der Waals surface area (Å²) < 4.78 is 16.2. The van der Waals surface area contributed by atoms with E-state index in [0.717, 1.165) is 5.56 Å². The smallest absolute Gasteiger partial charge is 0.314 e. The Bertz CT molecular complexity index is 434. The van der Waals surface area contributed by atoms with Crippen LogP contribution in [0.15, 0.2) is 12.4 Å². The number of rotatable bonds is 7. The molecule has 0 fully saturated rings. The van der Waals surface area contributed by atoms with E-state index in [2.05, 4.69) is 9.97 Å². The maximum absolute atomic E-state index is 11.7. The lowest BCUT2D eigenvalue weighted by atomic mass is 10.2. The zero-order chi connectivity index (χ0) is 15.9. The topological polar surface area (TPSA) is 70.5 Å². The van der Waals surface area contributed by atoms with Gasteiger partial charge in [0, 0.05) is 31.2 Å². The van der Waals surface area contributed by atoms with E-state index in [1.807, 2.05) is 34.6 Å². The van der Waals surface area contributed by atoms with Crippen molar-refractivity contribution >= 4 is 5.97 Å². The molecular formula is C15H24N2O4. The summed E-state index contributed by atoms with van der Waals surface area (Å²) in [5, 5.41) is 0. The van der Waals surface area contributed by atoms with Crippen LogP contribution in [0.2, 0.25) is 0 Å². The fourth-order valence-corrected chi connectivity index (χ4v) is 1.63. The maximum Gasteiger partial charge on any atom is 0.314 e. The van der Waals surface area contributed by atoms with Gasteiger partial charge in [0.2, 0.25) is 0 Å². The average molecular weight is 296 g/mol. The molecule has 0 spiro atoms. The lowest BCUT2D eigenvalue weighted by Crippen LogP contribution is -2.25. The Morgan fingerprint density at radius 1 is 1.14 bits per heavy atom. The van der Waals surface area contributed by atoms with Gasteiger partial charge in [0.25, 0.3) is 0 Å². The first kappa shape index (κ1) is 17.5. The summed E-state index contributed by atoms with van der Waals surface area (Å²) in [5.41, 5.74) is 0.220. The van der Waals surface area contributed by atoms with Crippen LogP contribution in [0.5, 0.6) is 0 Å². The quantitative estimate of drug-likeness (QED) is 0.568. The van der Waals surface area contributed by atoms with E-state index < -0.39 is 11.9 Å². The minimum atomic E-state index is -0.508. The number of hydrogen-bond donors (Lipinski definition) is 0. The largest absolute Gasteiger partial charge is 0.460 e. The average Bonchev–Trinajstić information content (AvgIpc) is 2.37. The highest BCUT2D eigenvalue weighted by molar-refractivity contribution is 5.71. The summed E-state index contributed by atoms with van der Waals surface area (Å²) in [6.45, 7) is 10.3. The highest BCUT2D eigenvalue weighted by Crippen LogP contribution is 2.17. The number of carbonyl (C=O) groups is 1. The van der Waals surface area contributed by atoms with Crippen LogP contribution in [-0.4, -0.2) is 34.8 Å². The predicted molar refractivity (Wildman–Crippen MR) is 77.6 cm³/mol. The van der Waals surface area contributed by atoms with Crippen LogP contribution in [-0.2, 0) is 25.4 Å². The van der Waals surface area contributed by atoms with Crippen molar-refractivity contribution in [3.05, 3.63) is 23.8 Å². The molecule has 1 aromatic rings. The lowest BCUT2D eigenvalue weighted by Gasteiger charge is -2.19. The molecular weight excluding hydrogens is 272 g/mol. The zero-order valence-electron chi connectivity index (χ0n) is 13.4. The Labute approximate surface area is 125 Å². The number of ether oxygens (including phenoxy) is 3. The molecule has 0 saturated carbocycles. The molecule has 21 heavy (non-hydrogen) atoms. The molecule has 1 rings (SSSR count). The third-order valence-corrected chi connectivity index (χ3v) is 2.36. The molecule has 0 aromatic carbocycles. The molecule has 0 radical (unpaired) electrons. The number of nitrogens with zero attached hydrogens (tertiary/aromatic N) is 2. The summed E-state index contributed by atoms with van der Waals surface area (Å²) in [5.74, 6) is 0.0705. The first-order valence-electron chi connectivity index (χ1n) is 7.11. The lowest BCUT2D eigenvalue weighted by molar-refractivity contribution is -0.154. The van der Waals surface area contributed by atoms with Crippen molar-refractivity contribution in [2.45, 2.75) is 52.9 Å². The van der Waals surface area contributed by atoms with Crippen molar-refractivity contribution in [2.75, 3.05) is 13.2 Å². The van der Waals surface area contributed by atoms with Gasteiger partial charge in [0.1, 0.15) is 17.8 Å². The first-order chi connectivity index (χ1) is 9.85. The maximum atomic E-state index is 11.7. The third-order valence-electron chi connectivity index (χ3n) is 2.36. The van der Waals surface area contributed by atoms with Gasteiger partial charge in [-0.1, -0.05) is 0 Å². The summed E-state index contributed by atoms with van der Waals surface area (Å²) in [6, 6.07) is 0. The Balaban J connectivity index is 2.66. The minimum absolute atomic E-state index is 0.0471. The van der Waals surface area contributed by atoms with Crippen LogP contribution in [0.1, 0.15) is 52.3 Å². The molecule has 0 bridgehead atoms. The van der Waals surface area contributed by atoms with Crippen LogP contribution in [0.3, 0.4) is 0 Å². The Kier molecular flexibility index (Phi) is 6.71. The van der Waals surface area contributed by atoms with Gasteiger partial charge >= 0.3 is 5.97 Å². The van der Waals surface area contributed by atoms with Crippen LogP contribution >= 0.6 is 0 Å². The van der Waals surface area contributed by atoms with E-state index >= 15 is 0 Å². The van der Waals surface area contributed by atoms with Crippen LogP contribution in [0, 0.1) is 0 Å². The van der Waals surface area contributed by atoms with E-state index in [-0.39, 0.29) is 12.4 Å². The summed E-state index contributed by atoms with van der Waals surface area (Å²) in [4.78, 5) is 20.0. The Morgan fingerprint density at radius 3 is 2.10 bits per heavy atom. The van der Waals surface area contributed by atoms with E-state index in [1.165, 1.54) is 0 Å². The molecule has 0 amide bonds. The fourth-order valence-electron chi connectivity index (χ4n) is 1.63. The molecule has 6 nitrogen and oxygen atoms in total. The predicted octanol–water partition coefficient (Wildman–Crippen LogP) is 2.43. The van der Waals surface area contributed by atoms with Crippen molar-refractivity contribution in [1.29, 1.82) is 0 Å². The van der Waals surface area contributed by atoms with Crippen LogP contribution in [0.4, 0.5) is 0 Å². The number of aromatic nitrogens is 2. The minimum Gasteiger partial charge on any atom is -0.460 e. The van der Waals surface area contributed by atoms with Crippen molar-refractivity contribution in [3.63, 3.8) is 0 Å². The van der Waals surface area contributed by atoms with Crippen molar-refractivity contribution < 1.29 is 19.0 Å². The van der Waals surface area contributed by atoms with Crippen molar-refractivity contribution in [2.24, 2.45) is 0 Å². The Hall–Kier alpha value is -1.53. The van der Waals surface area contributed by atoms with Crippen molar-refractivity contribution in [3.8, 4) is 0 Å². The molecule has 0 aliphatic rings. The standard InChI is InChI=1S/C15H24N2O4/c1-6-19-14(20-7-2)11-9-16-12(17-10-11)8-13(18)21-15(3,4)5/h9-10,14H,6-8H2,1-5H3. The molecule has 0 aliphatic carbocycles. The molecule has 0 aliphatic heterocycles. The van der Waals surface area contributed by atoms with Gasteiger partial charge < -0.3 is 14.2 Å². The highest BCUT2D eigenvalue weighted by Gasteiger charge is 2.18. The SMILES string of the molecule is CCOC(OCC)c1cnc(CC(=O)OC(C)(C)C)nc1. The van der Waals surface area contributed by atoms with Gasteiger partial charge in [-0.2, -0.15) is 0 Å². The Morgan fingerprint density at radius 2 is 1.67 bits per heavy atom. The zero-order valence-corrected chi connectivity index (χ0v) is 13.4. The van der Waals surface area contributed by atoms with E-state index in [1.54, 1.807) is 12.4 Å². The molecule has 0 atom stereocenters. The molecule has 0 unspecified atom stereocenters. The number of esters is 1. The highest BCUT2D eigenvalue weighted by atomic mass is 16.7. The monoisotopic (exact) mass is 296 g/mol. The van der Waals surface area contributed by atoms with E-state index in [4.69, 9.17) is 14.2 Å². The summed E-state index contributed by atoms with van der Waals surface area (Å²) in [7, 11) is 0. The molecule has 6 heteroatoms. The van der Waals surface area contributed by atoms with Crippen molar-refractivity contribution in [1.82, 2.24) is 9.97 Å². The number of carbonyl (C=O) groups excluding carboxylic acids is 1. The van der Waals surface area contributed by atoms with Crippen LogP contribution in [0.25, 0.3) is 0 Å². The molecule has 1 heterocycles. The van der Waals surface area contributed by atoms with Gasteiger partial charge in [-0.25, -0.2) is 9.97 Å². The van der Waals surface area contributed by atoms with Gasteiger partial charge in [0.15, 0.2) is 6.29 Å². The van der Waals surface area contributed by atoms with Crippen LogP contribution < -0.4 is 0 Å². The molecule has 118 valence electrons. The normalized spacial score (nSPS) is 11.7.